The van der Waals surface area contributed by atoms with Crippen LogP contribution in [0, 0.1) is 5.82 Å². The van der Waals surface area contributed by atoms with Crippen LogP contribution in [0.25, 0.3) is 5.69 Å². The summed E-state index contributed by atoms with van der Waals surface area (Å²) in [6.45, 7) is 0. The second kappa shape index (κ2) is 7.04. The number of carbonyl (C=O) groups is 1. The van der Waals surface area contributed by atoms with E-state index in [0.717, 1.165) is 0 Å². The van der Waals surface area contributed by atoms with Crippen molar-refractivity contribution in [3.05, 3.63) is 66.2 Å². The molecule has 0 spiro atoms. The summed E-state index contributed by atoms with van der Waals surface area (Å²) in [5.74, 6) is 0.440. The molecule has 128 valence electrons. The van der Waals surface area contributed by atoms with Gasteiger partial charge in [0, 0.05) is 18.0 Å². The minimum Gasteiger partial charge on any atom is -0.493 e. The molecule has 0 unspecified atom stereocenters. The van der Waals surface area contributed by atoms with Gasteiger partial charge in [-0.15, -0.1) is 0 Å². The van der Waals surface area contributed by atoms with E-state index in [0.29, 0.717) is 28.4 Å². The molecule has 1 amide bonds. The number of amides is 1. The van der Waals surface area contributed by atoms with Crippen molar-refractivity contribution in [2.45, 2.75) is 0 Å². The molecule has 0 radical (unpaired) electrons. The molecule has 0 saturated heterocycles. The van der Waals surface area contributed by atoms with Crippen LogP contribution in [0.15, 0.2) is 54.9 Å². The molecule has 0 aliphatic rings. The molecule has 0 fully saturated rings. The second-order valence-electron chi connectivity index (χ2n) is 5.17. The molecule has 0 aliphatic heterocycles. The largest absolute Gasteiger partial charge is 0.493 e. The van der Waals surface area contributed by atoms with E-state index >= 15 is 0 Å². The first-order valence-corrected chi connectivity index (χ1v) is 7.44. The molecule has 1 aromatic heterocycles. The molecular formula is C18H16FN3O3. The number of ether oxygens (including phenoxy) is 2. The number of nitrogens with zero attached hydrogens (tertiary/aromatic N) is 2. The van der Waals surface area contributed by atoms with Crippen molar-refractivity contribution >= 4 is 11.6 Å². The lowest BCUT2D eigenvalue weighted by Gasteiger charge is -2.10. The lowest BCUT2D eigenvalue weighted by Crippen LogP contribution is -2.11. The molecule has 25 heavy (non-hydrogen) atoms. The molecule has 0 bridgehead atoms. The first kappa shape index (κ1) is 16.5. The van der Waals surface area contributed by atoms with E-state index in [4.69, 9.17) is 9.47 Å². The number of methoxy groups -OCH3 is 2. The number of nitrogens with one attached hydrogen (secondary N) is 1. The number of aromatic nitrogens is 2. The molecular weight excluding hydrogens is 325 g/mol. The van der Waals surface area contributed by atoms with E-state index in [1.165, 1.54) is 30.1 Å². The minimum absolute atomic E-state index is 0.319. The van der Waals surface area contributed by atoms with Gasteiger partial charge in [0.1, 0.15) is 5.82 Å². The number of hydrogen-bond acceptors (Lipinski definition) is 4. The number of benzene rings is 2. The smallest absolute Gasteiger partial charge is 0.258 e. The van der Waals surface area contributed by atoms with Crippen molar-refractivity contribution < 1.29 is 18.7 Å². The Kier molecular flexibility index (Phi) is 4.65. The zero-order valence-electron chi connectivity index (χ0n) is 13.7. The fourth-order valence-electron chi connectivity index (χ4n) is 2.29. The third kappa shape index (κ3) is 3.60. The van der Waals surface area contributed by atoms with E-state index in [-0.39, 0.29) is 11.7 Å². The van der Waals surface area contributed by atoms with E-state index in [1.807, 2.05) is 0 Å². The lowest BCUT2D eigenvalue weighted by atomic mass is 10.2. The summed E-state index contributed by atoms with van der Waals surface area (Å²) in [6.07, 6.45) is 3.02. The summed E-state index contributed by atoms with van der Waals surface area (Å²) in [7, 11) is 3.07. The van der Waals surface area contributed by atoms with Gasteiger partial charge in [-0.2, -0.15) is 5.10 Å². The van der Waals surface area contributed by atoms with Crippen molar-refractivity contribution in [1.29, 1.82) is 0 Å². The van der Waals surface area contributed by atoms with Crippen LogP contribution in [0.2, 0.25) is 0 Å². The molecule has 3 aromatic rings. The first-order valence-electron chi connectivity index (χ1n) is 7.44. The quantitative estimate of drug-likeness (QED) is 0.773. The Morgan fingerprint density at radius 2 is 1.80 bits per heavy atom. The zero-order chi connectivity index (χ0) is 17.8. The van der Waals surface area contributed by atoms with Gasteiger partial charge in [0.25, 0.3) is 5.91 Å². The van der Waals surface area contributed by atoms with Crippen molar-refractivity contribution in [1.82, 2.24) is 9.78 Å². The van der Waals surface area contributed by atoms with Crippen LogP contribution in [-0.4, -0.2) is 29.9 Å². The fraction of sp³-hybridized carbons (Fsp3) is 0.111. The van der Waals surface area contributed by atoms with Gasteiger partial charge >= 0.3 is 0 Å². The number of carbonyl (C=O) groups excluding carboxylic acids is 1. The Morgan fingerprint density at radius 1 is 1.08 bits per heavy atom. The van der Waals surface area contributed by atoms with Crippen LogP contribution >= 0.6 is 0 Å². The molecule has 3 rings (SSSR count). The highest BCUT2D eigenvalue weighted by atomic mass is 19.1. The molecule has 2 aromatic carbocycles. The Labute approximate surface area is 143 Å². The lowest BCUT2D eigenvalue weighted by molar-refractivity contribution is 0.102. The molecule has 1 heterocycles. The molecule has 0 aliphatic carbocycles. The van der Waals surface area contributed by atoms with Gasteiger partial charge in [0.05, 0.1) is 31.7 Å². The van der Waals surface area contributed by atoms with Crippen LogP contribution in [-0.2, 0) is 0 Å². The highest BCUT2D eigenvalue weighted by Crippen LogP contribution is 2.29. The van der Waals surface area contributed by atoms with Crippen LogP contribution in [0.4, 0.5) is 10.1 Å². The SMILES string of the molecule is COc1ccc(NC(=O)c2cnn(-c3ccc(F)cc3)c2)cc1OC. The summed E-state index contributed by atoms with van der Waals surface area (Å²) < 4.78 is 24.9. The first-order chi connectivity index (χ1) is 12.1. The van der Waals surface area contributed by atoms with E-state index in [1.54, 1.807) is 43.6 Å². The summed E-state index contributed by atoms with van der Waals surface area (Å²) >= 11 is 0. The van der Waals surface area contributed by atoms with Crippen LogP contribution < -0.4 is 14.8 Å². The highest BCUT2D eigenvalue weighted by Gasteiger charge is 2.12. The van der Waals surface area contributed by atoms with Crippen LogP contribution in [0.3, 0.4) is 0 Å². The monoisotopic (exact) mass is 341 g/mol. The summed E-state index contributed by atoms with van der Waals surface area (Å²) in [5, 5.41) is 6.90. The highest BCUT2D eigenvalue weighted by molar-refractivity contribution is 6.04. The van der Waals surface area contributed by atoms with Gasteiger partial charge in [-0.05, 0) is 36.4 Å². The molecule has 7 heteroatoms. The Bertz CT molecular complexity index is 891. The average molecular weight is 341 g/mol. The zero-order valence-corrected chi connectivity index (χ0v) is 13.7. The van der Waals surface area contributed by atoms with Gasteiger partial charge in [-0.3, -0.25) is 4.79 Å². The van der Waals surface area contributed by atoms with Crippen molar-refractivity contribution in [2.75, 3.05) is 19.5 Å². The van der Waals surface area contributed by atoms with Gasteiger partial charge in [0.2, 0.25) is 0 Å². The van der Waals surface area contributed by atoms with Crippen LogP contribution in [0.5, 0.6) is 11.5 Å². The van der Waals surface area contributed by atoms with Gasteiger partial charge in [-0.1, -0.05) is 0 Å². The number of halogens is 1. The maximum Gasteiger partial charge on any atom is 0.258 e. The van der Waals surface area contributed by atoms with Crippen LogP contribution in [0.1, 0.15) is 10.4 Å². The minimum atomic E-state index is -0.331. The van der Waals surface area contributed by atoms with Gasteiger partial charge < -0.3 is 14.8 Å². The summed E-state index contributed by atoms with van der Waals surface area (Å²) in [5.41, 5.74) is 1.60. The van der Waals surface area contributed by atoms with Gasteiger partial charge in [-0.25, -0.2) is 9.07 Å². The molecule has 0 atom stereocenters. The third-order valence-electron chi connectivity index (χ3n) is 3.58. The van der Waals surface area contributed by atoms with Gasteiger partial charge in [0.15, 0.2) is 11.5 Å². The van der Waals surface area contributed by atoms with Crippen molar-refractivity contribution in [3.63, 3.8) is 0 Å². The van der Waals surface area contributed by atoms with E-state index in [2.05, 4.69) is 10.4 Å². The van der Waals surface area contributed by atoms with Crippen molar-refractivity contribution in [2.24, 2.45) is 0 Å². The average Bonchev–Trinajstić information content (AvgIpc) is 3.12. The Hall–Kier alpha value is -3.35. The third-order valence-corrected chi connectivity index (χ3v) is 3.58. The number of anilines is 1. The molecule has 0 saturated carbocycles. The maximum absolute atomic E-state index is 13.0. The molecule has 1 N–H and O–H groups in total. The summed E-state index contributed by atoms with van der Waals surface area (Å²) in [4.78, 5) is 12.4. The van der Waals surface area contributed by atoms with Crippen molar-refractivity contribution in [3.8, 4) is 17.2 Å². The topological polar surface area (TPSA) is 65.4 Å². The standard InChI is InChI=1S/C18H16FN3O3/c1-24-16-8-5-14(9-17(16)25-2)21-18(23)12-10-20-22(11-12)15-6-3-13(19)4-7-15/h3-11H,1-2H3,(H,21,23). The summed E-state index contributed by atoms with van der Waals surface area (Å²) in [6, 6.07) is 10.9. The van der Waals surface area contributed by atoms with E-state index < -0.39 is 0 Å². The predicted molar refractivity (Wildman–Crippen MR) is 91.0 cm³/mol. The number of rotatable bonds is 5. The van der Waals surface area contributed by atoms with E-state index in [9.17, 15) is 9.18 Å². The predicted octanol–water partition coefficient (Wildman–Crippen LogP) is 3.28. The Balaban J connectivity index is 1.77. The Morgan fingerprint density at radius 3 is 2.48 bits per heavy atom. The maximum atomic E-state index is 13.0. The second-order valence-corrected chi connectivity index (χ2v) is 5.17. The number of hydrogen-bond donors (Lipinski definition) is 1. The molecule has 6 nitrogen and oxygen atoms in total. The fourth-order valence-corrected chi connectivity index (χ4v) is 2.29. The normalized spacial score (nSPS) is 10.4.